The molecule has 0 spiro atoms. The van der Waals surface area contributed by atoms with Gasteiger partial charge in [-0.3, -0.25) is 0 Å². The number of alkyl halides is 1. The molecule has 0 amide bonds. The Hall–Kier alpha value is -0.600. The Balaban J connectivity index is 2.38. The first-order chi connectivity index (χ1) is 6.15. The van der Waals surface area contributed by atoms with Crippen LogP contribution < -0.4 is 5.73 Å². The topological polar surface area (TPSA) is 26.0 Å². The predicted molar refractivity (Wildman–Crippen MR) is 51.4 cm³/mol. The molecule has 0 unspecified atom stereocenters. The lowest BCUT2D eigenvalue weighted by Crippen LogP contribution is -2.19. The molecule has 3 heteroatoms. The molecule has 0 bridgehead atoms. The summed E-state index contributed by atoms with van der Waals surface area (Å²) in [5.74, 6) is 0. The van der Waals surface area contributed by atoms with E-state index in [9.17, 15) is 4.39 Å². The Morgan fingerprint density at radius 2 is 2.15 bits per heavy atom. The zero-order valence-corrected chi connectivity index (χ0v) is 7.94. The summed E-state index contributed by atoms with van der Waals surface area (Å²) in [7, 11) is 0. The maximum Gasteiger partial charge on any atom is 0.115 e. The van der Waals surface area contributed by atoms with E-state index in [1.54, 1.807) is 12.1 Å². The molecule has 0 radical (unpaired) electrons. The Labute approximate surface area is 81.7 Å². The minimum absolute atomic E-state index is 0.230. The zero-order valence-electron chi connectivity index (χ0n) is 7.19. The average Bonchev–Trinajstić information content (AvgIpc) is 2.84. The molecule has 1 aromatic rings. The van der Waals surface area contributed by atoms with Crippen LogP contribution in [0.25, 0.3) is 0 Å². The van der Waals surface area contributed by atoms with E-state index in [1.807, 2.05) is 6.07 Å². The van der Waals surface area contributed by atoms with Crippen molar-refractivity contribution in [2.24, 2.45) is 5.73 Å². The molecule has 2 N–H and O–H groups in total. The van der Waals surface area contributed by atoms with Crippen LogP contribution in [0, 0.1) is 0 Å². The van der Waals surface area contributed by atoms with Crippen LogP contribution in [-0.4, -0.2) is 0 Å². The van der Waals surface area contributed by atoms with Gasteiger partial charge in [0.15, 0.2) is 0 Å². The highest BCUT2D eigenvalue weighted by molar-refractivity contribution is 6.31. The van der Waals surface area contributed by atoms with E-state index in [0.717, 1.165) is 18.4 Å². The Kier molecular flexibility index (Phi) is 2.05. The van der Waals surface area contributed by atoms with Gasteiger partial charge in [0.25, 0.3) is 0 Å². The van der Waals surface area contributed by atoms with Crippen molar-refractivity contribution in [2.45, 2.75) is 25.1 Å². The van der Waals surface area contributed by atoms with E-state index in [0.29, 0.717) is 10.6 Å². The Morgan fingerprint density at radius 1 is 1.46 bits per heavy atom. The lowest BCUT2D eigenvalue weighted by molar-refractivity contribution is 0.485. The van der Waals surface area contributed by atoms with Crippen LogP contribution in [0.2, 0.25) is 5.02 Å². The fourth-order valence-electron chi connectivity index (χ4n) is 1.45. The Morgan fingerprint density at radius 3 is 2.62 bits per heavy atom. The molecule has 13 heavy (non-hydrogen) atoms. The van der Waals surface area contributed by atoms with Crippen LogP contribution in [0.15, 0.2) is 18.2 Å². The van der Waals surface area contributed by atoms with Crippen molar-refractivity contribution >= 4 is 11.6 Å². The van der Waals surface area contributed by atoms with E-state index >= 15 is 0 Å². The summed E-state index contributed by atoms with van der Waals surface area (Å²) in [5, 5.41) is 0.593. The van der Waals surface area contributed by atoms with Gasteiger partial charge in [-0.05, 0) is 30.0 Å². The minimum Gasteiger partial charge on any atom is -0.321 e. The van der Waals surface area contributed by atoms with Crippen molar-refractivity contribution in [3.63, 3.8) is 0 Å². The maximum atomic E-state index is 12.3. The molecular weight excluding hydrogens is 189 g/mol. The second kappa shape index (κ2) is 2.96. The molecule has 1 aromatic carbocycles. The second-order valence-corrected chi connectivity index (χ2v) is 4.01. The lowest BCUT2D eigenvalue weighted by atomic mass is 10.0. The van der Waals surface area contributed by atoms with Crippen molar-refractivity contribution in [1.82, 2.24) is 0 Å². The first kappa shape index (κ1) is 8.97. The van der Waals surface area contributed by atoms with Gasteiger partial charge in [-0.15, -0.1) is 0 Å². The van der Waals surface area contributed by atoms with Gasteiger partial charge >= 0.3 is 0 Å². The third-order valence-electron chi connectivity index (χ3n) is 2.51. The molecule has 1 nitrogen and oxygen atoms in total. The van der Waals surface area contributed by atoms with Crippen LogP contribution >= 0.6 is 11.6 Å². The van der Waals surface area contributed by atoms with E-state index in [4.69, 9.17) is 17.3 Å². The molecule has 1 aliphatic carbocycles. The molecular formula is C10H11ClFN. The molecule has 0 heterocycles. The van der Waals surface area contributed by atoms with Crippen molar-refractivity contribution in [1.29, 1.82) is 0 Å². The highest BCUT2D eigenvalue weighted by Gasteiger charge is 2.41. The van der Waals surface area contributed by atoms with E-state index in [-0.39, 0.29) is 5.54 Å². The van der Waals surface area contributed by atoms with Crippen LogP contribution in [-0.2, 0) is 12.2 Å². The highest BCUT2D eigenvalue weighted by Crippen LogP contribution is 2.45. The fourth-order valence-corrected chi connectivity index (χ4v) is 1.84. The largest absolute Gasteiger partial charge is 0.321 e. The second-order valence-electron chi connectivity index (χ2n) is 3.60. The quantitative estimate of drug-likeness (QED) is 0.779. The van der Waals surface area contributed by atoms with Crippen molar-refractivity contribution < 1.29 is 4.39 Å². The smallest absolute Gasteiger partial charge is 0.115 e. The third kappa shape index (κ3) is 1.56. The Bertz CT molecular complexity index is 334. The molecule has 70 valence electrons. The first-order valence-corrected chi connectivity index (χ1v) is 4.67. The SMILES string of the molecule is NC1(c2ccc(CF)cc2Cl)CC1. The molecule has 0 aromatic heterocycles. The van der Waals surface area contributed by atoms with Crippen molar-refractivity contribution in [3.05, 3.63) is 34.3 Å². The molecule has 2 rings (SSSR count). The molecule has 1 fully saturated rings. The summed E-state index contributed by atoms with van der Waals surface area (Å²) in [6.45, 7) is -0.475. The van der Waals surface area contributed by atoms with Gasteiger partial charge in [-0.1, -0.05) is 23.7 Å². The fraction of sp³-hybridized carbons (Fsp3) is 0.400. The van der Waals surface area contributed by atoms with Gasteiger partial charge < -0.3 is 5.73 Å². The van der Waals surface area contributed by atoms with Crippen LogP contribution in [0.1, 0.15) is 24.0 Å². The van der Waals surface area contributed by atoms with E-state index in [2.05, 4.69) is 0 Å². The average molecular weight is 200 g/mol. The summed E-state index contributed by atoms with van der Waals surface area (Å²) >= 11 is 5.99. The molecule has 1 aliphatic rings. The number of halogens is 2. The number of hydrogen-bond acceptors (Lipinski definition) is 1. The van der Waals surface area contributed by atoms with Crippen molar-refractivity contribution in [2.75, 3.05) is 0 Å². The summed E-state index contributed by atoms with van der Waals surface area (Å²) in [6.07, 6.45) is 1.95. The number of hydrogen-bond donors (Lipinski definition) is 1. The summed E-state index contributed by atoms with van der Waals surface area (Å²) in [5.41, 5.74) is 7.31. The van der Waals surface area contributed by atoms with Crippen LogP contribution in [0.5, 0.6) is 0 Å². The molecule has 0 aliphatic heterocycles. The maximum absolute atomic E-state index is 12.3. The van der Waals surface area contributed by atoms with Gasteiger partial charge in [-0.25, -0.2) is 4.39 Å². The summed E-state index contributed by atoms with van der Waals surface area (Å²) in [4.78, 5) is 0. The van der Waals surface area contributed by atoms with E-state index < -0.39 is 6.67 Å². The highest BCUT2D eigenvalue weighted by atomic mass is 35.5. The summed E-state index contributed by atoms with van der Waals surface area (Å²) in [6, 6.07) is 5.24. The predicted octanol–water partition coefficient (Wildman–Crippen LogP) is 2.76. The monoisotopic (exact) mass is 199 g/mol. The molecule has 0 atom stereocenters. The van der Waals surface area contributed by atoms with Gasteiger partial charge in [0.1, 0.15) is 6.67 Å². The van der Waals surface area contributed by atoms with Gasteiger partial charge in [0.05, 0.1) is 0 Å². The first-order valence-electron chi connectivity index (χ1n) is 4.29. The molecule has 0 saturated heterocycles. The normalized spacial score (nSPS) is 18.7. The van der Waals surface area contributed by atoms with Gasteiger partial charge in [-0.2, -0.15) is 0 Å². The standard InChI is InChI=1S/C10H11ClFN/c11-9-5-7(6-12)1-2-8(9)10(13)3-4-10/h1-2,5H,3-4,6,13H2. The van der Waals surface area contributed by atoms with Crippen molar-refractivity contribution in [3.8, 4) is 0 Å². The number of nitrogens with two attached hydrogens (primary N) is 1. The number of benzene rings is 1. The minimum atomic E-state index is -0.475. The van der Waals surface area contributed by atoms with Gasteiger partial charge in [0, 0.05) is 10.6 Å². The van der Waals surface area contributed by atoms with E-state index in [1.165, 1.54) is 0 Å². The van der Waals surface area contributed by atoms with Gasteiger partial charge in [0.2, 0.25) is 0 Å². The lowest BCUT2D eigenvalue weighted by Gasteiger charge is -2.11. The number of rotatable bonds is 2. The third-order valence-corrected chi connectivity index (χ3v) is 2.83. The summed E-state index contributed by atoms with van der Waals surface area (Å²) < 4.78 is 12.3. The van der Waals surface area contributed by atoms with Crippen LogP contribution in [0.3, 0.4) is 0 Å². The van der Waals surface area contributed by atoms with Crippen LogP contribution in [0.4, 0.5) is 4.39 Å². The molecule has 1 saturated carbocycles. The zero-order chi connectivity index (χ0) is 9.47.